The summed E-state index contributed by atoms with van der Waals surface area (Å²) in [6.45, 7) is 6.73. The maximum atomic E-state index is 11.7. The van der Waals surface area contributed by atoms with Crippen LogP contribution < -0.4 is 5.56 Å². The number of nitrogens with zero attached hydrogens (tertiary/aromatic N) is 2. The van der Waals surface area contributed by atoms with Gasteiger partial charge in [-0.25, -0.2) is 4.98 Å². The topological polar surface area (TPSA) is 62.1 Å². The monoisotopic (exact) mass is 363 g/mol. The summed E-state index contributed by atoms with van der Waals surface area (Å²) in [5, 5.41) is 0. The van der Waals surface area contributed by atoms with Crippen molar-refractivity contribution >= 4 is 0 Å². The average Bonchev–Trinajstić information content (AvgIpc) is 3.08. The van der Waals surface area contributed by atoms with Crippen LogP contribution in [0, 0.1) is 13.8 Å². The van der Waals surface area contributed by atoms with Gasteiger partial charge in [-0.05, 0) is 57.5 Å². The van der Waals surface area contributed by atoms with Crippen molar-refractivity contribution in [3.63, 3.8) is 0 Å². The number of hydrogen-bond donors (Lipinski definition) is 1. The van der Waals surface area contributed by atoms with Gasteiger partial charge in [0.2, 0.25) is 0 Å². The molecule has 0 atom stereocenters. The van der Waals surface area contributed by atoms with Gasteiger partial charge in [0.1, 0.15) is 17.3 Å². The van der Waals surface area contributed by atoms with E-state index < -0.39 is 0 Å². The Morgan fingerprint density at radius 2 is 1.93 bits per heavy atom. The summed E-state index contributed by atoms with van der Waals surface area (Å²) in [7, 11) is 0. The highest BCUT2D eigenvalue weighted by molar-refractivity contribution is 5.62. The van der Waals surface area contributed by atoms with Crippen molar-refractivity contribution < 1.29 is 4.42 Å². The SMILES string of the molecule is Cc1nc(C2CCN(Cc3ccccc3-c3ccc(C)o3)CC2)cc(=O)[nH]1. The van der Waals surface area contributed by atoms with Gasteiger partial charge in [-0.15, -0.1) is 0 Å². The first-order valence-electron chi connectivity index (χ1n) is 9.53. The zero-order valence-corrected chi connectivity index (χ0v) is 15.9. The van der Waals surface area contributed by atoms with Gasteiger partial charge in [-0.1, -0.05) is 24.3 Å². The molecule has 0 bridgehead atoms. The van der Waals surface area contributed by atoms with Crippen LogP contribution in [0.1, 0.15) is 41.6 Å². The standard InChI is InChI=1S/C22H25N3O2/c1-15-7-8-21(27-15)19-6-4-3-5-18(19)14-25-11-9-17(10-12-25)20-13-22(26)24-16(2)23-20/h3-8,13,17H,9-12,14H2,1-2H3,(H,23,24,26). The number of aryl methyl sites for hydroxylation is 2. The molecule has 0 aliphatic carbocycles. The molecule has 27 heavy (non-hydrogen) atoms. The number of benzene rings is 1. The van der Waals surface area contributed by atoms with Crippen molar-refractivity contribution in [3.8, 4) is 11.3 Å². The first kappa shape index (κ1) is 17.7. The lowest BCUT2D eigenvalue weighted by Crippen LogP contribution is -2.33. The molecule has 5 heteroatoms. The molecule has 3 heterocycles. The Hall–Kier alpha value is -2.66. The lowest BCUT2D eigenvalue weighted by molar-refractivity contribution is 0.203. The Balaban J connectivity index is 1.45. The van der Waals surface area contributed by atoms with Crippen LogP contribution in [0.15, 0.2) is 51.7 Å². The van der Waals surface area contributed by atoms with Crippen LogP contribution in [0.3, 0.4) is 0 Å². The summed E-state index contributed by atoms with van der Waals surface area (Å²) in [5.41, 5.74) is 3.33. The van der Waals surface area contributed by atoms with Gasteiger partial charge in [0.15, 0.2) is 0 Å². The molecule has 140 valence electrons. The third-order valence-electron chi connectivity index (χ3n) is 5.30. The van der Waals surface area contributed by atoms with E-state index in [4.69, 9.17) is 4.42 Å². The third kappa shape index (κ3) is 4.03. The van der Waals surface area contributed by atoms with E-state index in [1.807, 2.05) is 26.0 Å². The molecule has 1 N–H and O–H groups in total. The highest BCUT2D eigenvalue weighted by Crippen LogP contribution is 2.30. The minimum atomic E-state index is -0.0531. The number of piperidine rings is 1. The largest absolute Gasteiger partial charge is 0.461 e. The highest BCUT2D eigenvalue weighted by Gasteiger charge is 2.23. The number of nitrogens with one attached hydrogen (secondary N) is 1. The van der Waals surface area contributed by atoms with Crippen molar-refractivity contribution in [1.29, 1.82) is 0 Å². The number of aromatic amines is 1. The summed E-state index contributed by atoms with van der Waals surface area (Å²) in [4.78, 5) is 21.5. The van der Waals surface area contributed by atoms with E-state index >= 15 is 0 Å². The molecule has 1 saturated heterocycles. The number of aromatic nitrogens is 2. The predicted octanol–water partition coefficient (Wildman–Crippen LogP) is 4.03. The van der Waals surface area contributed by atoms with E-state index in [2.05, 4.69) is 39.1 Å². The maximum absolute atomic E-state index is 11.7. The fourth-order valence-electron chi connectivity index (χ4n) is 3.92. The number of furan rings is 1. The van der Waals surface area contributed by atoms with Crippen molar-refractivity contribution in [1.82, 2.24) is 14.9 Å². The Morgan fingerprint density at radius 1 is 1.15 bits per heavy atom. The Bertz CT molecular complexity index is 981. The summed E-state index contributed by atoms with van der Waals surface area (Å²) in [6.07, 6.45) is 2.05. The maximum Gasteiger partial charge on any atom is 0.251 e. The lowest BCUT2D eigenvalue weighted by Gasteiger charge is -2.32. The number of H-pyrrole nitrogens is 1. The molecule has 4 rings (SSSR count). The van der Waals surface area contributed by atoms with Crippen LogP contribution in [0.25, 0.3) is 11.3 Å². The highest BCUT2D eigenvalue weighted by atomic mass is 16.3. The third-order valence-corrected chi connectivity index (χ3v) is 5.30. The molecule has 1 aromatic carbocycles. The van der Waals surface area contributed by atoms with Gasteiger partial charge in [0.05, 0.1) is 5.69 Å². The van der Waals surface area contributed by atoms with Crippen molar-refractivity contribution in [2.24, 2.45) is 0 Å². The van der Waals surface area contributed by atoms with Crippen LogP contribution in [0.5, 0.6) is 0 Å². The summed E-state index contributed by atoms with van der Waals surface area (Å²) >= 11 is 0. The van der Waals surface area contributed by atoms with Gasteiger partial charge in [0, 0.05) is 24.1 Å². The first-order valence-corrected chi connectivity index (χ1v) is 9.53. The lowest BCUT2D eigenvalue weighted by atomic mass is 9.92. The number of rotatable bonds is 4. The molecular weight excluding hydrogens is 338 g/mol. The van der Waals surface area contributed by atoms with Crippen LogP contribution in [0.2, 0.25) is 0 Å². The fourth-order valence-corrected chi connectivity index (χ4v) is 3.92. The number of likely N-dealkylation sites (tertiary alicyclic amines) is 1. The average molecular weight is 363 g/mol. The van der Waals surface area contributed by atoms with Crippen molar-refractivity contribution in [3.05, 3.63) is 75.7 Å². The second-order valence-electron chi connectivity index (χ2n) is 7.37. The van der Waals surface area contributed by atoms with Gasteiger partial charge in [0.25, 0.3) is 5.56 Å². The normalized spacial score (nSPS) is 15.9. The molecule has 5 nitrogen and oxygen atoms in total. The van der Waals surface area contributed by atoms with Crippen LogP contribution in [-0.4, -0.2) is 28.0 Å². The Kier molecular flexibility index (Phi) is 4.94. The summed E-state index contributed by atoms with van der Waals surface area (Å²) < 4.78 is 5.84. The molecule has 0 radical (unpaired) electrons. The minimum absolute atomic E-state index is 0.0531. The molecular formula is C22H25N3O2. The van der Waals surface area contributed by atoms with E-state index in [1.165, 1.54) is 11.1 Å². The minimum Gasteiger partial charge on any atom is -0.461 e. The first-order chi connectivity index (χ1) is 13.1. The van der Waals surface area contributed by atoms with E-state index in [0.717, 1.165) is 49.7 Å². The predicted molar refractivity (Wildman–Crippen MR) is 106 cm³/mol. The van der Waals surface area contributed by atoms with Crippen LogP contribution >= 0.6 is 0 Å². The molecule has 1 aliphatic rings. The molecule has 0 spiro atoms. The van der Waals surface area contributed by atoms with Gasteiger partial charge in [-0.3, -0.25) is 9.69 Å². The molecule has 1 aliphatic heterocycles. The Labute approximate surface area is 159 Å². The van der Waals surface area contributed by atoms with E-state index in [9.17, 15) is 4.79 Å². The zero-order valence-electron chi connectivity index (χ0n) is 15.9. The second-order valence-corrected chi connectivity index (χ2v) is 7.37. The summed E-state index contributed by atoms with van der Waals surface area (Å²) in [6, 6.07) is 14.2. The number of hydrogen-bond acceptors (Lipinski definition) is 4. The smallest absolute Gasteiger partial charge is 0.251 e. The van der Waals surface area contributed by atoms with Gasteiger partial charge in [-0.2, -0.15) is 0 Å². The van der Waals surface area contributed by atoms with Crippen LogP contribution in [-0.2, 0) is 6.54 Å². The van der Waals surface area contributed by atoms with Crippen LogP contribution in [0.4, 0.5) is 0 Å². The van der Waals surface area contributed by atoms with E-state index in [0.29, 0.717) is 11.7 Å². The molecule has 2 aromatic heterocycles. The van der Waals surface area contributed by atoms with Crippen molar-refractivity contribution in [2.45, 2.75) is 39.2 Å². The van der Waals surface area contributed by atoms with Gasteiger partial charge < -0.3 is 9.40 Å². The second kappa shape index (κ2) is 7.53. The van der Waals surface area contributed by atoms with Gasteiger partial charge >= 0.3 is 0 Å². The Morgan fingerprint density at radius 3 is 2.63 bits per heavy atom. The molecule has 0 amide bonds. The zero-order chi connectivity index (χ0) is 18.8. The quantitative estimate of drug-likeness (QED) is 0.760. The summed E-state index contributed by atoms with van der Waals surface area (Å²) in [5.74, 6) is 2.93. The molecule has 0 saturated carbocycles. The molecule has 0 unspecified atom stereocenters. The van der Waals surface area contributed by atoms with E-state index in [-0.39, 0.29) is 5.56 Å². The molecule has 3 aromatic rings. The van der Waals surface area contributed by atoms with E-state index in [1.54, 1.807) is 6.07 Å². The van der Waals surface area contributed by atoms with Crippen molar-refractivity contribution in [2.75, 3.05) is 13.1 Å². The molecule has 1 fully saturated rings. The fraction of sp³-hybridized carbons (Fsp3) is 0.364.